The lowest BCUT2D eigenvalue weighted by atomic mass is 10.1. The number of benzene rings is 2. The highest BCUT2D eigenvalue weighted by Crippen LogP contribution is 2.11. The van der Waals surface area contributed by atoms with Crippen LogP contribution in [0.3, 0.4) is 0 Å². The summed E-state index contributed by atoms with van der Waals surface area (Å²) in [7, 11) is 0. The lowest BCUT2D eigenvalue weighted by molar-refractivity contribution is -0.135. The standard InChI is InChI=1S/C22H20N2O4/c25-20(16-28-22(27)19-12-7-13-23-21(19)26)24(14-17-8-3-1-4-9-17)15-18-10-5-2-6-11-18/h1-13H,14-16H2,(H,23,26). The van der Waals surface area contributed by atoms with Gasteiger partial charge < -0.3 is 14.6 Å². The van der Waals surface area contributed by atoms with E-state index in [0.29, 0.717) is 13.1 Å². The number of aromatic amines is 1. The lowest BCUT2D eigenvalue weighted by Gasteiger charge is -2.23. The smallest absolute Gasteiger partial charge is 0.344 e. The van der Waals surface area contributed by atoms with Crippen LogP contribution in [0.4, 0.5) is 0 Å². The normalized spacial score (nSPS) is 10.3. The van der Waals surface area contributed by atoms with Gasteiger partial charge in [0.1, 0.15) is 5.56 Å². The van der Waals surface area contributed by atoms with Crippen molar-refractivity contribution in [2.75, 3.05) is 6.61 Å². The third kappa shape index (κ3) is 5.17. The first-order valence-corrected chi connectivity index (χ1v) is 8.84. The van der Waals surface area contributed by atoms with Crippen LogP contribution in [0.2, 0.25) is 0 Å². The third-order valence-corrected chi connectivity index (χ3v) is 4.15. The summed E-state index contributed by atoms with van der Waals surface area (Å²) in [6.07, 6.45) is 1.42. The van der Waals surface area contributed by atoms with E-state index in [1.54, 1.807) is 4.90 Å². The molecule has 2 aromatic carbocycles. The van der Waals surface area contributed by atoms with Crippen LogP contribution in [-0.4, -0.2) is 28.4 Å². The molecule has 0 atom stereocenters. The summed E-state index contributed by atoms with van der Waals surface area (Å²) in [5, 5.41) is 0. The number of carbonyl (C=O) groups excluding carboxylic acids is 2. The summed E-state index contributed by atoms with van der Waals surface area (Å²) < 4.78 is 5.08. The van der Waals surface area contributed by atoms with Gasteiger partial charge in [-0.3, -0.25) is 9.59 Å². The van der Waals surface area contributed by atoms with Gasteiger partial charge in [-0.25, -0.2) is 4.79 Å². The van der Waals surface area contributed by atoms with Crippen molar-refractivity contribution in [2.45, 2.75) is 13.1 Å². The Kier molecular flexibility index (Phi) is 6.36. The predicted molar refractivity (Wildman–Crippen MR) is 104 cm³/mol. The van der Waals surface area contributed by atoms with E-state index in [2.05, 4.69) is 4.98 Å². The first-order chi connectivity index (χ1) is 13.6. The molecule has 0 radical (unpaired) electrons. The molecule has 3 rings (SSSR count). The molecule has 1 amide bonds. The van der Waals surface area contributed by atoms with Gasteiger partial charge in [-0.05, 0) is 23.3 Å². The monoisotopic (exact) mass is 376 g/mol. The van der Waals surface area contributed by atoms with Gasteiger partial charge in [0, 0.05) is 19.3 Å². The molecule has 0 saturated heterocycles. The number of pyridine rings is 1. The highest BCUT2D eigenvalue weighted by molar-refractivity contribution is 5.90. The number of ether oxygens (including phenoxy) is 1. The molecule has 0 bridgehead atoms. The number of nitrogens with zero attached hydrogens (tertiary/aromatic N) is 1. The van der Waals surface area contributed by atoms with Gasteiger partial charge in [0.25, 0.3) is 11.5 Å². The quantitative estimate of drug-likeness (QED) is 0.643. The predicted octanol–water partition coefficient (Wildman–Crippen LogP) is 2.76. The Morgan fingerprint density at radius 1 is 0.821 bits per heavy atom. The van der Waals surface area contributed by atoms with Crippen molar-refractivity contribution in [1.82, 2.24) is 9.88 Å². The number of amides is 1. The highest BCUT2D eigenvalue weighted by atomic mass is 16.5. The topological polar surface area (TPSA) is 79.5 Å². The van der Waals surface area contributed by atoms with Gasteiger partial charge in [0.15, 0.2) is 6.61 Å². The number of rotatable bonds is 7. The number of nitrogens with one attached hydrogen (secondary N) is 1. The fourth-order valence-corrected chi connectivity index (χ4v) is 2.72. The summed E-state index contributed by atoms with van der Waals surface area (Å²) in [4.78, 5) is 40.5. The zero-order valence-electron chi connectivity index (χ0n) is 15.2. The van der Waals surface area contributed by atoms with Crippen LogP contribution in [0.1, 0.15) is 21.5 Å². The van der Waals surface area contributed by atoms with Crippen LogP contribution in [0, 0.1) is 0 Å². The van der Waals surface area contributed by atoms with E-state index in [4.69, 9.17) is 4.74 Å². The van der Waals surface area contributed by atoms with Gasteiger partial charge in [-0.1, -0.05) is 60.7 Å². The van der Waals surface area contributed by atoms with Crippen LogP contribution in [0.25, 0.3) is 0 Å². The van der Waals surface area contributed by atoms with E-state index in [9.17, 15) is 14.4 Å². The van der Waals surface area contributed by atoms with E-state index in [1.807, 2.05) is 60.7 Å². The van der Waals surface area contributed by atoms with Crippen molar-refractivity contribution in [3.8, 4) is 0 Å². The van der Waals surface area contributed by atoms with E-state index in [1.165, 1.54) is 18.3 Å². The Labute approximate surface area is 162 Å². The summed E-state index contributed by atoms with van der Waals surface area (Å²) in [6.45, 7) is 0.336. The summed E-state index contributed by atoms with van der Waals surface area (Å²) in [5.74, 6) is -1.16. The van der Waals surface area contributed by atoms with Crippen molar-refractivity contribution >= 4 is 11.9 Å². The number of aromatic nitrogens is 1. The second-order valence-corrected chi connectivity index (χ2v) is 6.21. The van der Waals surface area contributed by atoms with Gasteiger partial charge in [-0.2, -0.15) is 0 Å². The molecule has 1 N–H and O–H groups in total. The molecule has 0 aliphatic rings. The Morgan fingerprint density at radius 2 is 1.39 bits per heavy atom. The minimum absolute atomic E-state index is 0.132. The maximum absolute atomic E-state index is 12.7. The van der Waals surface area contributed by atoms with Gasteiger partial charge in [-0.15, -0.1) is 0 Å². The minimum Gasteiger partial charge on any atom is -0.452 e. The van der Waals surface area contributed by atoms with Crippen LogP contribution >= 0.6 is 0 Å². The Balaban J connectivity index is 1.69. The number of hydrogen-bond acceptors (Lipinski definition) is 4. The number of H-pyrrole nitrogens is 1. The van der Waals surface area contributed by atoms with Crippen LogP contribution < -0.4 is 5.56 Å². The average molecular weight is 376 g/mol. The maximum Gasteiger partial charge on any atom is 0.344 e. The van der Waals surface area contributed by atoms with Crippen molar-refractivity contribution < 1.29 is 14.3 Å². The Morgan fingerprint density at radius 3 is 1.93 bits per heavy atom. The summed E-state index contributed by atoms with van der Waals surface area (Å²) in [5.41, 5.74) is 1.26. The highest BCUT2D eigenvalue weighted by Gasteiger charge is 2.18. The van der Waals surface area contributed by atoms with Crippen molar-refractivity contribution in [3.63, 3.8) is 0 Å². The van der Waals surface area contributed by atoms with Crippen molar-refractivity contribution in [2.24, 2.45) is 0 Å². The summed E-state index contributed by atoms with van der Waals surface area (Å²) >= 11 is 0. The fourth-order valence-electron chi connectivity index (χ4n) is 2.72. The second-order valence-electron chi connectivity index (χ2n) is 6.21. The second kappa shape index (κ2) is 9.32. The van der Waals surface area contributed by atoms with Crippen LogP contribution in [0.5, 0.6) is 0 Å². The van der Waals surface area contributed by atoms with Gasteiger partial charge in [0.05, 0.1) is 0 Å². The van der Waals surface area contributed by atoms with Crippen molar-refractivity contribution in [3.05, 3.63) is 106 Å². The lowest BCUT2D eigenvalue weighted by Crippen LogP contribution is -2.34. The maximum atomic E-state index is 12.7. The van der Waals surface area contributed by atoms with Crippen molar-refractivity contribution in [1.29, 1.82) is 0 Å². The molecule has 142 valence electrons. The zero-order valence-corrected chi connectivity index (χ0v) is 15.2. The van der Waals surface area contributed by atoms with E-state index < -0.39 is 18.1 Å². The summed E-state index contributed by atoms with van der Waals surface area (Å²) in [6, 6.07) is 22.0. The van der Waals surface area contributed by atoms with E-state index >= 15 is 0 Å². The molecule has 1 aromatic heterocycles. The molecule has 1 heterocycles. The molecule has 6 heteroatoms. The molecular weight excluding hydrogens is 356 g/mol. The van der Waals surface area contributed by atoms with Crippen LogP contribution in [-0.2, 0) is 22.6 Å². The average Bonchev–Trinajstić information content (AvgIpc) is 2.73. The first-order valence-electron chi connectivity index (χ1n) is 8.84. The molecular formula is C22H20N2O4. The molecule has 0 fully saturated rings. The Bertz CT molecular complexity index is 942. The van der Waals surface area contributed by atoms with Crippen LogP contribution in [0.15, 0.2) is 83.8 Å². The number of hydrogen-bond donors (Lipinski definition) is 1. The molecule has 0 aliphatic heterocycles. The molecule has 6 nitrogen and oxygen atoms in total. The zero-order chi connectivity index (χ0) is 19.8. The largest absolute Gasteiger partial charge is 0.452 e. The van der Waals surface area contributed by atoms with E-state index in [0.717, 1.165) is 11.1 Å². The fraction of sp³-hybridized carbons (Fsp3) is 0.136. The molecule has 0 unspecified atom stereocenters. The van der Waals surface area contributed by atoms with E-state index in [-0.39, 0.29) is 11.5 Å². The number of esters is 1. The molecule has 28 heavy (non-hydrogen) atoms. The minimum atomic E-state index is -0.824. The molecule has 0 aliphatic carbocycles. The first kappa shape index (κ1) is 19.1. The molecule has 0 spiro atoms. The van der Waals surface area contributed by atoms with Gasteiger partial charge in [0.2, 0.25) is 0 Å². The molecule has 3 aromatic rings. The SMILES string of the molecule is O=C(OCC(=O)N(Cc1ccccc1)Cc1ccccc1)c1ccc[nH]c1=O. The number of carbonyl (C=O) groups is 2. The van der Waals surface area contributed by atoms with Gasteiger partial charge >= 0.3 is 5.97 Å². The third-order valence-electron chi connectivity index (χ3n) is 4.15. The Hall–Kier alpha value is -3.67. The molecule has 0 saturated carbocycles.